The third kappa shape index (κ3) is 3.99. The average molecular weight is 441 g/mol. The summed E-state index contributed by atoms with van der Waals surface area (Å²) in [5, 5.41) is 0.480. The van der Waals surface area contributed by atoms with E-state index in [0.29, 0.717) is 29.6 Å². The highest BCUT2D eigenvalue weighted by Gasteiger charge is 2.21. The lowest BCUT2D eigenvalue weighted by Crippen LogP contribution is -2.29. The highest BCUT2D eigenvalue weighted by molar-refractivity contribution is 5.99. The Morgan fingerprint density at radius 1 is 1.03 bits per heavy atom. The second kappa shape index (κ2) is 8.52. The van der Waals surface area contributed by atoms with E-state index in [0.717, 1.165) is 35.1 Å². The predicted molar refractivity (Wildman–Crippen MR) is 129 cm³/mol. The molecule has 0 aliphatic carbocycles. The van der Waals surface area contributed by atoms with E-state index >= 15 is 0 Å². The van der Waals surface area contributed by atoms with Crippen LogP contribution in [0.4, 0.5) is 5.95 Å². The van der Waals surface area contributed by atoms with Gasteiger partial charge >= 0.3 is 0 Å². The van der Waals surface area contributed by atoms with Gasteiger partial charge in [-0.15, -0.1) is 0 Å². The Morgan fingerprint density at radius 2 is 1.79 bits per heavy atom. The smallest absolute Gasteiger partial charge is 0.263 e. The Hall–Kier alpha value is -3.97. The van der Waals surface area contributed by atoms with Gasteiger partial charge in [-0.25, -0.2) is 4.98 Å². The van der Waals surface area contributed by atoms with E-state index in [9.17, 15) is 9.59 Å². The fourth-order valence-electron chi connectivity index (χ4n) is 4.37. The van der Waals surface area contributed by atoms with E-state index < -0.39 is 5.91 Å². The summed E-state index contributed by atoms with van der Waals surface area (Å²) in [6.45, 7) is 1.06. The highest BCUT2D eigenvalue weighted by Crippen LogP contribution is 2.32. The Labute approximate surface area is 190 Å². The van der Waals surface area contributed by atoms with Gasteiger partial charge in [0.25, 0.3) is 5.56 Å². The Balaban J connectivity index is 1.74. The molecule has 1 aliphatic rings. The summed E-state index contributed by atoms with van der Waals surface area (Å²) in [7, 11) is 0. The van der Waals surface area contributed by atoms with Gasteiger partial charge in [-0.2, -0.15) is 0 Å². The summed E-state index contributed by atoms with van der Waals surface area (Å²) >= 11 is 0. The molecule has 1 aliphatic heterocycles. The number of hydrogen-bond acceptors (Lipinski definition) is 5. The molecule has 1 unspecified atom stereocenters. The number of nitrogens with zero attached hydrogens (tertiary/aromatic N) is 2. The van der Waals surface area contributed by atoms with Crippen LogP contribution in [0.5, 0.6) is 0 Å². The SMILES string of the molecule is NC(=O)c1ccc(-c2cc(-c3ccccc3)cc3nc(N)n(CC4CCCO4)c(=O)c23)cc1. The maximum absolute atomic E-state index is 13.7. The largest absolute Gasteiger partial charge is 0.376 e. The van der Waals surface area contributed by atoms with E-state index in [1.165, 1.54) is 4.57 Å². The van der Waals surface area contributed by atoms with Gasteiger partial charge in [-0.3, -0.25) is 14.2 Å². The molecule has 7 heteroatoms. The number of fused-ring (bicyclic) bond motifs is 1. The van der Waals surface area contributed by atoms with Crippen molar-refractivity contribution in [2.45, 2.75) is 25.5 Å². The molecule has 0 saturated carbocycles. The maximum Gasteiger partial charge on any atom is 0.263 e. The molecule has 33 heavy (non-hydrogen) atoms. The van der Waals surface area contributed by atoms with Crippen LogP contribution in [-0.2, 0) is 11.3 Å². The molecule has 2 heterocycles. The lowest BCUT2D eigenvalue weighted by Gasteiger charge is -2.17. The van der Waals surface area contributed by atoms with Crippen LogP contribution in [0.25, 0.3) is 33.2 Å². The molecule has 4 N–H and O–H groups in total. The van der Waals surface area contributed by atoms with Gasteiger partial charge in [0.2, 0.25) is 11.9 Å². The van der Waals surface area contributed by atoms with Crippen LogP contribution >= 0.6 is 0 Å². The third-order valence-electron chi connectivity index (χ3n) is 6.09. The molecule has 7 nitrogen and oxygen atoms in total. The predicted octanol–water partition coefficient (Wildman–Crippen LogP) is 3.59. The summed E-state index contributed by atoms with van der Waals surface area (Å²) in [5.41, 5.74) is 15.8. The summed E-state index contributed by atoms with van der Waals surface area (Å²) in [5.74, 6) is -0.332. The number of carbonyl (C=O) groups excluding carboxylic acids is 1. The number of ether oxygens (including phenoxy) is 1. The minimum Gasteiger partial charge on any atom is -0.376 e. The van der Waals surface area contributed by atoms with Gasteiger partial charge in [0.1, 0.15) is 0 Å². The van der Waals surface area contributed by atoms with Gasteiger partial charge < -0.3 is 16.2 Å². The number of benzene rings is 3. The Kier molecular flexibility index (Phi) is 5.40. The lowest BCUT2D eigenvalue weighted by molar-refractivity contribution is 0.0966. The number of nitrogens with two attached hydrogens (primary N) is 2. The van der Waals surface area contributed by atoms with Gasteiger partial charge in [-0.05, 0) is 59.4 Å². The summed E-state index contributed by atoms with van der Waals surface area (Å²) in [6.07, 6.45) is 1.81. The number of amides is 1. The molecule has 4 aromatic rings. The van der Waals surface area contributed by atoms with E-state index in [4.69, 9.17) is 16.2 Å². The van der Waals surface area contributed by atoms with Crippen LogP contribution < -0.4 is 17.0 Å². The van der Waals surface area contributed by atoms with Crippen molar-refractivity contribution < 1.29 is 9.53 Å². The Bertz CT molecular complexity index is 1390. The number of hydrogen-bond donors (Lipinski definition) is 2. The zero-order valence-electron chi connectivity index (χ0n) is 18.0. The molecular formula is C26H24N4O3. The average Bonchev–Trinajstić information content (AvgIpc) is 3.35. The van der Waals surface area contributed by atoms with Crippen molar-refractivity contribution in [1.29, 1.82) is 0 Å². The molecule has 1 saturated heterocycles. The minimum absolute atomic E-state index is 0.0499. The zero-order chi connectivity index (χ0) is 22.9. The molecule has 166 valence electrons. The summed E-state index contributed by atoms with van der Waals surface area (Å²) < 4.78 is 7.22. The quantitative estimate of drug-likeness (QED) is 0.492. The molecule has 1 atom stereocenters. The number of primary amides is 1. The van der Waals surface area contributed by atoms with Crippen LogP contribution in [0.1, 0.15) is 23.2 Å². The van der Waals surface area contributed by atoms with Crippen molar-refractivity contribution in [2.75, 3.05) is 12.3 Å². The third-order valence-corrected chi connectivity index (χ3v) is 6.09. The van der Waals surface area contributed by atoms with Crippen LogP contribution in [0.15, 0.2) is 71.5 Å². The fourth-order valence-corrected chi connectivity index (χ4v) is 4.37. The number of anilines is 1. The Morgan fingerprint density at radius 3 is 2.45 bits per heavy atom. The second-order valence-electron chi connectivity index (χ2n) is 8.25. The number of rotatable bonds is 5. The maximum atomic E-state index is 13.7. The molecule has 3 aromatic carbocycles. The monoisotopic (exact) mass is 440 g/mol. The van der Waals surface area contributed by atoms with Crippen molar-refractivity contribution in [2.24, 2.45) is 5.73 Å². The standard InChI is InChI=1S/C26H24N4O3/c27-24(31)18-10-8-17(9-11-18)21-13-19(16-5-2-1-3-6-16)14-22-23(21)25(32)30(26(28)29-22)15-20-7-4-12-33-20/h1-3,5-6,8-11,13-14,20H,4,7,12,15H2,(H2,27,31)(H2,28,29). The van der Waals surface area contributed by atoms with Crippen LogP contribution in [0.2, 0.25) is 0 Å². The van der Waals surface area contributed by atoms with Crippen molar-refractivity contribution in [3.05, 3.63) is 82.6 Å². The first-order chi connectivity index (χ1) is 16.0. The highest BCUT2D eigenvalue weighted by atomic mass is 16.5. The van der Waals surface area contributed by atoms with Crippen molar-refractivity contribution >= 4 is 22.8 Å². The summed E-state index contributed by atoms with van der Waals surface area (Å²) in [4.78, 5) is 29.8. The van der Waals surface area contributed by atoms with Crippen LogP contribution in [0, 0.1) is 0 Å². The van der Waals surface area contributed by atoms with Crippen LogP contribution in [-0.4, -0.2) is 28.2 Å². The lowest BCUT2D eigenvalue weighted by atomic mass is 9.95. The van der Waals surface area contributed by atoms with E-state index in [1.54, 1.807) is 24.3 Å². The number of aromatic nitrogens is 2. The second-order valence-corrected chi connectivity index (χ2v) is 8.25. The molecule has 1 aromatic heterocycles. The first-order valence-electron chi connectivity index (χ1n) is 10.9. The normalized spacial score (nSPS) is 15.7. The first kappa shape index (κ1) is 20.9. The molecule has 0 spiro atoms. The van der Waals surface area contributed by atoms with Crippen molar-refractivity contribution in [3.63, 3.8) is 0 Å². The number of nitrogen functional groups attached to an aromatic ring is 1. The van der Waals surface area contributed by atoms with Gasteiger partial charge in [-0.1, -0.05) is 42.5 Å². The molecule has 0 radical (unpaired) electrons. The van der Waals surface area contributed by atoms with Gasteiger partial charge in [0.15, 0.2) is 0 Å². The van der Waals surface area contributed by atoms with E-state index in [-0.39, 0.29) is 17.6 Å². The van der Waals surface area contributed by atoms with Gasteiger partial charge in [0, 0.05) is 12.2 Å². The van der Waals surface area contributed by atoms with E-state index in [2.05, 4.69) is 4.98 Å². The molecular weight excluding hydrogens is 416 g/mol. The van der Waals surface area contributed by atoms with Crippen molar-refractivity contribution in [3.8, 4) is 22.3 Å². The topological polar surface area (TPSA) is 113 Å². The molecule has 0 bridgehead atoms. The first-order valence-corrected chi connectivity index (χ1v) is 10.9. The van der Waals surface area contributed by atoms with Crippen molar-refractivity contribution in [1.82, 2.24) is 9.55 Å². The molecule has 1 amide bonds. The number of carbonyl (C=O) groups is 1. The fraction of sp³-hybridized carbons (Fsp3) is 0.192. The van der Waals surface area contributed by atoms with Crippen LogP contribution in [0.3, 0.4) is 0 Å². The molecule has 1 fully saturated rings. The van der Waals surface area contributed by atoms with Gasteiger partial charge in [0.05, 0.1) is 23.6 Å². The summed E-state index contributed by atoms with van der Waals surface area (Å²) in [6, 6.07) is 20.7. The van der Waals surface area contributed by atoms with E-state index in [1.807, 2.05) is 42.5 Å². The molecule has 5 rings (SSSR count). The minimum atomic E-state index is -0.502. The zero-order valence-corrected chi connectivity index (χ0v) is 18.0.